The van der Waals surface area contributed by atoms with Crippen molar-refractivity contribution in [3.8, 4) is 0 Å². The highest BCUT2D eigenvalue weighted by Gasteiger charge is 2.26. The molecule has 11 nitrogen and oxygen atoms in total. The van der Waals surface area contributed by atoms with Crippen LogP contribution in [-0.2, 0) is 17.9 Å². The monoisotopic (exact) mass is 472 g/mol. The summed E-state index contributed by atoms with van der Waals surface area (Å²) in [5.74, 6) is 0.500. The maximum absolute atomic E-state index is 12.4. The molecule has 0 aliphatic carbocycles. The molecule has 0 aromatic carbocycles. The van der Waals surface area contributed by atoms with Crippen LogP contribution in [0.1, 0.15) is 38.2 Å². The highest BCUT2D eigenvalue weighted by atomic mass is 16.3. The average Bonchev–Trinajstić information content (AvgIpc) is 2.83. The van der Waals surface area contributed by atoms with Crippen LogP contribution in [-0.4, -0.2) is 68.3 Å². The number of carbonyl (C=O) groups excluding carboxylic acids is 1. The summed E-state index contributed by atoms with van der Waals surface area (Å²) in [6, 6.07) is 5.62. The number of nitrogens with zero attached hydrogens (tertiary/aromatic N) is 4. The highest BCUT2D eigenvalue weighted by Crippen LogP contribution is 2.12. The van der Waals surface area contributed by atoms with Crippen molar-refractivity contribution >= 4 is 17.5 Å². The van der Waals surface area contributed by atoms with Crippen molar-refractivity contribution in [2.75, 3.05) is 31.6 Å². The number of aryl methyl sites for hydroxylation is 1. The van der Waals surface area contributed by atoms with Gasteiger partial charge in [-0.3, -0.25) is 9.36 Å². The van der Waals surface area contributed by atoms with Gasteiger partial charge in [-0.25, -0.2) is 9.78 Å². The summed E-state index contributed by atoms with van der Waals surface area (Å²) >= 11 is 0. The van der Waals surface area contributed by atoms with E-state index in [4.69, 9.17) is 16.6 Å². The van der Waals surface area contributed by atoms with Gasteiger partial charge in [0.15, 0.2) is 0 Å². The van der Waals surface area contributed by atoms with Gasteiger partial charge in [0.1, 0.15) is 17.2 Å². The fourth-order valence-electron chi connectivity index (χ4n) is 3.65. The number of likely N-dealkylation sites (tertiary alicyclic amines) is 1. The van der Waals surface area contributed by atoms with Crippen molar-refractivity contribution in [3.63, 3.8) is 0 Å². The molecule has 3 heterocycles. The van der Waals surface area contributed by atoms with Gasteiger partial charge in [-0.2, -0.15) is 4.98 Å². The molecule has 1 amide bonds. The largest absolute Gasteiger partial charge is 0.394 e. The normalized spacial score (nSPS) is 16.7. The number of anilines is 2. The molecule has 1 aliphatic rings. The zero-order valence-electron chi connectivity index (χ0n) is 19.7. The van der Waals surface area contributed by atoms with Crippen molar-refractivity contribution in [2.24, 2.45) is 11.5 Å². The molecule has 0 unspecified atom stereocenters. The summed E-state index contributed by atoms with van der Waals surface area (Å²) in [5.41, 5.74) is 10.8. The lowest BCUT2D eigenvalue weighted by Crippen LogP contribution is -2.54. The lowest BCUT2D eigenvalue weighted by molar-refractivity contribution is -0.127. The van der Waals surface area contributed by atoms with Gasteiger partial charge in [0.2, 0.25) is 5.91 Å². The van der Waals surface area contributed by atoms with E-state index >= 15 is 0 Å². The summed E-state index contributed by atoms with van der Waals surface area (Å²) in [5, 5.41) is 14.8. The topological polar surface area (TPSA) is 164 Å². The van der Waals surface area contributed by atoms with Crippen molar-refractivity contribution in [3.05, 3.63) is 46.6 Å². The van der Waals surface area contributed by atoms with Crippen LogP contribution in [0.2, 0.25) is 0 Å². The molecule has 1 aliphatic heterocycles. The number of rotatable bonds is 11. The summed E-state index contributed by atoms with van der Waals surface area (Å²) < 4.78 is 1.62. The number of unbranched alkanes of at least 4 members (excludes halogenated alkanes) is 1. The van der Waals surface area contributed by atoms with Crippen molar-refractivity contribution in [1.29, 1.82) is 0 Å². The van der Waals surface area contributed by atoms with E-state index in [1.165, 1.54) is 6.92 Å². The van der Waals surface area contributed by atoms with Crippen LogP contribution < -0.4 is 27.8 Å². The first-order valence-electron chi connectivity index (χ1n) is 11.7. The van der Waals surface area contributed by atoms with Gasteiger partial charge in [-0.15, -0.1) is 0 Å². The van der Waals surface area contributed by atoms with Crippen molar-refractivity contribution in [2.45, 2.75) is 57.3 Å². The third kappa shape index (κ3) is 7.59. The minimum atomic E-state index is -1.33. The molecule has 0 radical (unpaired) electrons. The van der Waals surface area contributed by atoms with E-state index in [0.29, 0.717) is 24.2 Å². The number of nitrogens with one attached hydrogen (secondary N) is 2. The van der Waals surface area contributed by atoms with Gasteiger partial charge in [-0.05, 0) is 69.9 Å². The average molecular weight is 473 g/mol. The van der Waals surface area contributed by atoms with Crippen LogP contribution in [0.4, 0.5) is 11.6 Å². The van der Waals surface area contributed by atoms with Gasteiger partial charge in [0.05, 0.1) is 6.61 Å². The minimum absolute atomic E-state index is 0.235. The Kier molecular flexibility index (Phi) is 9.11. The van der Waals surface area contributed by atoms with Crippen LogP contribution in [0, 0.1) is 0 Å². The van der Waals surface area contributed by atoms with Gasteiger partial charge >= 0.3 is 5.69 Å². The highest BCUT2D eigenvalue weighted by molar-refractivity contribution is 5.85. The maximum Gasteiger partial charge on any atom is 0.349 e. The zero-order chi connectivity index (χ0) is 24.6. The third-order valence-electron chi connectivity index (χ3n) is 6.01. The Morgan fingerprint density at radius 1 is 1.21 bits per heavy atom. The van der Waals surface area contributed by atoms with Gasteiger partial charge in [0, 0.05) is 31.5 Å². The van der Waals surface area contributed by atoms with E-state index in [0.717, 1.165) is 50.9 Å². The second kappa shape index (κ2) is 12.0. The summed E-state index contributed by atoms with van der Waals surface area (Å²) in [6.45, 7) is 5.04. The Balaban J connectivity index is 1.44. The minimum Gasteiger partial charge on any atom is -0.394 e. The fourth-order valence-corrected chi connectivity index (χ4v) is 3.65. The molecule has 2 aromatic rings. The first-order valence-corrected chi connectivity index (χ1v) is 11.7. The predicted octanol–water partition coefficient (Wildman–Crippen LogP) is -0.0889. The molecule has 0 spiro atoms. The third-order valence-corrected chi connectivity index (χ3v) is 6.01. The van der Waals surface area contributed by atoms with Gasteiger partial charge in [0.25, 0.3) is 0 Å². The van der Waals surface area contributed by atoms with E-state index in [9.17, 15) is 9.59 Å². The molecule has 2 aromatic heterocycles. The lowest BCUT2D eigenvalue weighted by Gasteiger charge is -2.29. The first kappa shape index (κ1) is 25.8. The number of aliphatic hydroxyl groups is 1. The van der Waals surface area contributed by atoms with Crippen LogP contribution in [0.3, 0.4) is 0 Å². The zero-order valence-corrected chi connectivity index (χ0v) is 19.7. The number of amides is 1. The standard InChI is InChI=1S/C23H36N8O3/c1-23(25,16-32)21(33)27-15-17-4-5-19(26-14-17)28-20-8-13-31(22(34)29-20)10-3-2-9-30-11-6-18(24)7-12-30/h4-5,8,13-14,18,32H,2-3,6-7,9-12,15-16,24-25H2,1H3,(H,27,33)(H,26,28,29,34)/t23-/m0/s1. The first-order chi connectivity index (χ1) is 16.3. The second-order valence-corrected chi connectivity index (χ2v) is 9.11. The van der Waals surface area contributed by atoms with E-state index in [-0.39, 0.29) is 12.2 Å². The second-order valence-electron chi connectivity index (χ2n) is 9.11. The summed E-state index contributed by atoms with van der Waals surface area (Å²) in [7, 11) is 0. The quantitative estimate of drug-likeness (QED) is 0.281. The summed E-state index contributed by atoms with van der Waals surface area (Å²) in [6.07, 6.45) is 7.41. The van der Waals surface area contributed by atoms with Crippen molar-refractivity contribution < 1.29 is 9.90 Å². The lowest BCUT2D eigenvalue weighted by atomic mass is 10.0. The SMILES string of the molecule is C[C@](N)(CO)C(=O)NCc1ccc(Nc2ccn(CCCCN3CCC(N)CC3)c(=O)n2)nc1. The number of hydrogen-bond donors (Lipinski definition) is 5. The van der Waals surface area contributed by atoms with E-state index in [1.807, 2.05) is 0 Å². The van der Waals surface area contributed by atoms with Crippen molar-refractivity contribution in [1.82, 2.24) is 24.8 Å². The number of hydrogen-bond acceptors (Lipinski definition) is 9. The molecule has 186 valence electrons. The Morgan fingerprint density at radius 2 is 1.94 bits per heavy atom. The number of aromatic nitrogens is 3. The molecular weight excluding hydrogens is 436 g/mol. The Labute approximate surface area is 199 Å². The molecule has 0 bridgehead atoms. The van der Waals surface area contributed by atoms with E-state index in [1.54, 1.807) is 35.2 Å². The Morgan fingerprint density at radius 3 is 2.59 bits per heavy atom. The number of aliphatic hydroxyl groups excluding tert-OH is 1. The molecule has 34 heavy (non-hydrogen) atoms. The predicted molar refractivity (Wildman–Crippen MR) is 130 cm³/mol. The summed E-state index contributed by atoms with van der Waals surface area (Å²) in [4.78, 5) is 35.1. The van der Waals surface area contributed by atoms with E-state index < -0.39 is 18.1 Å². The van der Waals surface area contributed by atoms with E-state index in [2.05, 4.69) is 25.5 Å². The van der Waals surface area contributed by atoms with Crippen LogP contribution >= 0.6 is 0 Å². The number of carbonyl (C=O) groups is 1. The fraction of sp³-hybridized carbons (Fsp3) is 0.565. The molecule has 11 heteroatoms. The number of pyridine rings is 1. The molecular formula is C23H36N8O3. The van der Waals surface area contributed by atoms with Crippen LogP contribution in [0.15, 0.2) is 35.4 Å². The molecule has 1 saturated heterocycles. The molecule has 1 atom stereocenters. The van der Waals surface area contributed by atoms with Crippen LogP contribution in [0.5, 0.6) is 0 Å². The van der Waals surface area contributed by atoms with Crippen LogP contribution in [0.25, 0.3) is 0 Å². The Hall–Kier alpha value is -2.86. The number of nitrogens with two attached hydrogens (primary N) is 2. The molecule has 0 saturated carbocycles. The van der Waals surface area contributed by atoms with Gasteiger partial charge in [-0.1, -0.05) is 6.07 Å². The molecule has 7 N–H and O–H groups in total. The molecule has 3 rings (SSSR count). The maximum atomic E-state index is 12.4. The van der Waals surface area contributed by atoms with Gasteiger partial charge < -0.3 is 32.1 Å². The Bertz CT molecular complexity index is 984. The number of piperidine rings is 1. The smallest absolute Gasteiger partial charge is 0.349 e. The molecule has 1 fully saturated rings.